The summed E-state index contributed by atoms with van der Waals surface area (Å²) >= 11 is 5.12. The van der Waals surface area contributed by atoms with Gasteiger partial charge in [-0.1, -0.05) is 32.9 Å². The van der Waals surface area contributed by atoms with E-state index in [-0.39, 0.29) is 5.41 Å². The van der Waals surface area contributed by atoms with Crippen molar-refractivity contribution in [1.82, 2.24) is 0 Å². The van der Waals surface area contributed by atoms with Crippen molar-refractivity contribution < 1.29 is 5.11 Å². The molecular weight excluding hydrogens is 344 g/mol. The van der Waals surface area contributed by atoms with Gasteiger partial charge in [0, 0.05) is 21.8 Å². The van der Waals surface area contributed by atoms with Crippen molar-refractivity contribution >= 4 is 27.3 Å². The van der Waals surface area contributed by atoms with E-state index in [1.54, 1.807) is 11.3 Å². The van der Waals surface area contributed by atoms with E-state index in [0.29, 0.717) is 6.42 Å². The topological polar surface area (TPSA) is 20.2 Å². The molecule has 0 fully saturated rings. The van der Waals surface area contributed by atoms with E-state index in [1.807, 2.05) is 10.8 Å². The molecule has 1 aromatic carbocycles. The molecule has 1 atom stereocenters. The van der Waals surface area contributed by atoms with Crippen LogP contribution in [0.4, 0.5) is 0 Å². The molecule has 0 aliphatic rings. The number of hydrogen-bond donors (Lipinski definition) is 1. The zero-order valence-corrected chi connectivity index (χ0v) is 15.7. The summed E-state index contributed by atoms with van der Waals surface area (Å²) in [5, 5.41) is 14.5. The van der Waals surface area contributed by atoms with E-state index in [0.717, 1.165) is 10.0 Å². The summed E-state index contributed by atoms with van der Waals surface area (Å²) in [4.78, 5) is 0. The average molecular weight is 367 g/mol. The standard InChI is InChI=1S/C18H23BrOS/c1-11-6-13(18(3,4)5)7-12(2)14(11)8-17(20)15-9-21-10-16(15)19/h6-7,9-10,17,20H,8H2,1-5H3. The Hall–Kier alpha value is -0.640. The van der Waals surface area contributed by atoms with Gasteiger partial charge in [0.05, 0.1) is 6.10 Å². The molecule has 0 bridgehead atoms. The Kier molecular flexibility index (Phi) is 4.96. The van der Waals surface area contributed by atoms with Gasteiger partial charge in [-0.25, -0.2) is 0 Å². The third-order valence-corrected chi connectivity index (χ3v) is 5.71. The minimum Gasteiger partial charge on any atom is -0.388 e. The van der Waals surface area contributed by atoms with E-state index >= 15 is 0 Å². The van der Waals surface area contributed by atoms with Crippen LogP contribution in [0.1, 0.15) is 54.7 Å². The molecule has 0 saturated heterocycles. The zero-order valence-electron chi connectivity index (χ0n) is 13.3. The van der Waals surface area contributed by atoms with Crippen LogP contribution in [0.2, 0.25) is 0 Å². The Labute approximate surface area is 140 Å². The van der Waals surface area contributed by atoms with Crippen molar-refractivity contribution in [2.24, 2.45) is 0 Å². The fraction of sp³-hybridized carbons (Fsp3) is 0.444. The second-order valence-electron chi connectivity index (χ2n) is 6.73. The second-order valence-corrected chi connectivity index (χ2v) is 8.33. The third-order valence-electron chi connectivity index (χ3n) is 3.96. The molecule has 1 nitrogen and oxygen atoms in total. The van der Waals surface area contributed by atoms with Crippen molar-refractivity contribution in [3.8, 4) is 0 Å². The largest absolute Gasteiger partial charge is 0.388 e. The van der Waals surface area contributed by atoms with Crippen molar-refractivity contribution in [1.29, 1.82) is 0 Å². The van der Waals surface area contributed by atoms with Crippen molar-refractivity contribution in [2.45, 2.75) is 52.6 Å². The van der Waals surface area contributed by atoms with E-state index in [1.165, 1.54) is 22.3 Å². The van der Waals surface area contributed by atoms with Crippen LogP contribution in [0.5, 0.6) is 0 Å². The second kappa shape index (κ2) is 6.23. The summed E-state index contributed by atoms with van der Waals surface area (Å²) in [6.45, 7) is 11.0. The molecule has 2 rings (SSSR count). The number of aliphatic hydroxyl groups excluding tert-OH is 1. The first kappa shape index (κ1) is 16.7. The molecule has 0 saturated carbocycles. The summed E-state index contributed by atoms with van der Waals surface area (Å²) in [6.07, 6.45) is 0.209. The van der Waals surface area contributed by atoms with Crippen LogP contribution in [0.15, 0.2) is 27.4 Å². The molecule has 2 aromatic rings. The highest BCUT2D eigenvalue weighted by molar-refractivity contribution is 9.10. The van der Waals surface area contributed by atoms with E-state index in [4.69, 9.17) is 0 Å². The van der Waals surface area contributed by atoms with Gasteiger partial charge in [-0.15, -0.1) is 0 Å². The van der Waals surface area contributed by atoms with Crippen LogP contribution >= 0.6 is 27.3 Å². The predicted molar refractivity (Wildman–Crippen MR) is 95.3 cm³/mol. The fourth-order valence-corrected chi connectivity index (χ4v) is 4.19. The van der Waals surface area contributed by atoms with Crippen molar-refractivity contribution in [3.63, 3.8) is 0 Å². The zero-order chi connectivity index (χ0) is 15.8. The summed E-state index contributed by atoms with van der Waals surface area (Å²) in [5.41, 5.74) is 6.29. The highest BCUT2D eigenvalue weighted by Crippen LogP contribution is 2.32. The summed E-state index contributed by atoms with van der Waals surface area (Å²) in [5.74, 6) is 0. The highest BCUT2D eigenvalue weighted by Gasteiger charge is 2.19. The van der Waals surface area contributed by atoms with Crippen LogP contribution in [-0.2, 0) is 11.8 Å². The van der Waals surface area contributed by atoms with Gasteiger partial charge in [0.15, 0.2) is 0 Å². The van der Waals surface area contributed by atoms with Gasteiger partial charge in [0.25, 0.3) is 0 Å². The van der Waals surface area contributed by atoms with E-state index < -0.39 is 6.10 Å². The molecule has 3 heteroatoms. The maximum absolute atomic E-state index is 10.5. The highest BCUT2D eigenvalue weighted by atomic mass is 79.9. The SMILES string of the molecule is Cc1cc(C(C)(C)C)cc(C)c1CC(O)c1cscc1Br. The maximum Gasteiger partial charge on any atom is 0.0849 e. The Balaban J connectivity index is 2.31. The summed E-state index contributed by atoms with van der Waals surface area (Å²) in [6, 6.07) is 4.52. The number of hydrogen-bond acceptors (Lipinski definition) is 2. The average Bonchev–Trinajstić information content (AvgIpc) is 2.78. The lowest BCUT2D eigenvalue weighted by Crippen LogP contribution is -2.13. The molecular formula is C18H23BrOS. The van der Waals surface area contributed by atoms with Gasteiger partial charge in [0.1, 0.15) is 0 Å². The Morgan fingerprint density at radius 2 is 1.71 bits per heavy atom. The first-order chi connectivity index (χ1) is 9.70. The molecule has 0 amide bonds. The first-order valence-corrected chi connectivity index (χ1v) is 8.94. The molecule has 0 spiro atoms. The molecule has 1 unspecified atom stereocenters. The molecule has 0 radical (unpaired) electrons. The van der Waals surface area contributed by atoms with Crippen LogP contribution in [0, 0.1) is 13.8 Å². The predicted octanol–water partition coefficient (Wildman–Crippen LogP) is 5.70. The summed E-state index contributed by atoms with van der Waals surface area (Å²) < 4.78 is 1.00. The van der Waals surface area contributed by atoms with E-state index in [9.17, 15) is 5.11 Å². The monoisotopic (exact) mass is 366 g/mol. The fourth-order valence-electron chi connectivity index (χ4n) is 2.58. The van der Waals surface area contributed by atoms with Crippen LogP contribution < -0.4 is 0 Å². The van der Waals surface area contributed by atoms with E-state index in [2.05, 4.69) is 62.7 Å². The van der Waals surface area contributed by atoms with Gasteiger partial charge in [-0.05, 0) is 62.8 Å². The Bertz CT molecular complexity index is 614. The lowest BCUT2D eigenvalue weighted by molar-refractivity contribution is 0.178. The van der Waals surface area contributed by atoms with Crippen LogP contribution in [0.3, 0.4) is 0 Å². The van der Waals surface area contributed by atoms with Gasteiger partial charge in [-0.2, -0.15) is 11.3 Å². The van der Waals surface area contributed by atoms with Gasteiger partial charge in [0.2, 0.25) is 0 Å². The third kappa shape index (κ3) is 3.77. The lowest BCUT2D eigenvalue weighted by atomic mass is 9.83. The quantitative estimate of drug-likeness (QED) is 0.738. The molecule has 0 aliphatic carbocycles. The first-order valence-electron chi connectivity index (χ1n) is 7.20. The molecule has 0 aliphatic heterocycles. The van der Waals surface area contributed by atoms with Crippen LogP contribution in [-0.4, -0.2) is 5.11 Å². The number of benzene rings is 1. The van der Waals surface area contributed by atoms with Gasteiger partial charge >= 0.3 is 0 Å². The van der Waals surface area contributed by atoms with Gasteiger partial charge in [-0.3, -0.25) is 0 Å². The normalized spacial score (nSPS) is 13.5. The Morgan fingerprint density at radius 1 is 1.14 bits per heavy atom. The lowest BCUT2D eigenvalue weighted by Gasteiger charge is -2.23. The smallest absolute Gasteiger partial charge is 0.0849 e. The molecule has 1 aromatic heterocycles. The molecule has 21 heavy (non-hydrogen) atoms. The number of halogens is 1. The number of rotatable bonds is 3. The minimum atomic E-state index is -0.455. The number of aryl methyl sites for hydroxylation is 2. The molecule has 1 heterocycles. The van der Waals surface area contributed by atoms with Crippen LogP contribution in [0.25, 0.3) is 0 Å². The maximum atomic E-state index is 10.5. The number of thiophene rings is 1. The van der Waals surface area contributed by atoms with Gasteiger partial charge < -0.3 is 5.11 Å². The summed E-state index contributed by atoms with van der Waals surface area (Å²) in [7, 11) is 0. The molecule has 1 N–H and O–H groups in total. The van der Waals surface area contributed by atoms with Crippen molar-refractivity contribution in [3.05, 3.63) is 55.2 Å². The minimum absolute atomic E-state index is 0.156. The molecule has 114 valence electrons. The van der Waals surface area contributed by atoms with Crippen molar-refractivity contribution in [2.75, 3.05) is 0 Å². The number of aliphatic hydroxyl groups is 1. The Morgan fingerprint density at radius 3 is 2.14 bits per heavy atom.